The van der Waals surface area contributed by atoms with E-state index in [1.807, 2.05) is 80.6 Å². The van der Waals surface area contributed by atoms with Crippen LogP contribution in [0.2, 0.25) is 0 Å². The monoisotopic (exact) mass is 428 g/mol. The van der Waals surface area contributed by atoms with Gasteiger partial charge in [-0.3, -0.25) is 9.59 Å². The van der Waals surface area contributed by atoms with Crippen molar-refractivity contribution in [1.82, 2.24) is 10.2 Å². The Morgan fingerprint density at radius 3 is 1.69 bits per heavy atom. The number of amides is 2. The summed E-state index contributed by atoms with van der Waals surface area (Å²) in [7, 11) is 0. The van der Waals surface area contributed by atoms with Gasteiger partial charge in [0.25, 0.3) is 0 Å². The lowest BCUT2D eigenvalue weighted by Crippen LogP contribution is -2.49. The zero-order valence-corrected chi connectivity index (χ0v) is 19.1. The molecule has 0 fully saturated rings. The van der Waals surface area contributed by atoms with Crippen LogP contribution >= 0.6 is 0 Å². The number of benzene rings is 3. The molecule has 0 heterocycles. The van der Waals surface area contributed by atoms with E-state index in [0.29, 0.717) is 13.0 Å². The smallest absolute Gasteiger partial charge is 0.242 e. The minimum Gasteiger partial charge on any atom is -0.352 e. The van der Waals surface area contributed by atoms with Crippen molar-refractivity contribution < 1.29 is 9.59 Å². The molecule has 166 valence electrons. The molecule has 3 rings (SSSR count). The summed E-state index contributed by atoms with van der Waals surface area (Å²) in [5, 5.41) is 2.95. The zero-order valence-electron chi connectivity index (χ0n) is 19.1. The van der Waals surface area contributed by atoms with Gasteiger partial charge < -0.3 is 10.2 Å². The van der Waals surface area contributed by atoms with Gasteiger partial charge in [-0.2, -0.15) is 0 Å². The topological polar surface area (TPSA) is 49.4 Å². The van der Waals surface area contributed by atoms with E-state index in [1.54, 1.807) is 11.8 Å². The second-order valence-corrected chi connectivity index (χ2v) is 8.42. The maximum atomic E-state index is 13.7. The molecule has 32 heavy (non-hydrogen) atoms. The first-order valence-electron chi connectivity index (χ1n) is 11.2. The molecule has 0 saturated heterocycles. The van der Waals surface area contributed by atoms with Gasteiger partial charge in [0.1, 0.15) is 6.04 Å². The Labute approximate surface area is 191 Å². The number of rotatable bonds is 9. The largest absolute Gasteiger partial charge is 0.352 e. The Morgan fingerprint density at radius 1 is 0.750 bits per heavy atom. The first-order chi connectivity index (χ1) is 15.5. The van der Waals surface area contributed by atoms with Crippen molar-refractivity contribution in [3.05, 3.63) is 108 Å². The van der Waals surface area contributed by atoms with Gasteiger partial charge in [-0.25, -0.2) is 0 Å². The molecule has 1 N–H and O–H groups in total. The molecule has 0 aliphatic carbocycles. The molecule has 0 saturated carbocycles. The normalized spacial score (nSPS) is 11.9. The lowest BCUT2D eigenvalue weighted by molar-refractivity contribution is -0.141. The van der Waals surface area contributed by atoms with E-state index >= 15 is 0 Å². The predicted molar refractivity (Wildman–Crippen MR) is 129 cm³/mol. The molecule has 4 heteroatoms. The molecule has 4 nitrogen and oxygen atoms in total. The summed E-state index contributed by atoms with van der Waals surface area (Å²) in [5.74, 6) is -0.262. The zero-order chi connectivity index (χ0) is 22.9. The number of carbonyl (C=O) groups excluding carboxylic acids is 2. The molecule has 1 unspecified atom stereocenters. The summed E-state index contributed by atoms with van der Waals surface area (Å²) < 4.78 is 0. The summed E-state index contributed by atoms with van der Waals surface area (Å²) in [6.07, 6.45) is 0.292. The molecule has 2 amide bonds. The van der Waals surface area contributed by atoms with Crippen molar-refractivity contribution in [2.45, 2.75) is 51.7 Å². The molecule has 0 aliphatic rings. The Kier molecular flexibility index (Phi) is 8.20. The summed E-state index contributed by atoms with van der Waals surface area (Å²) in [6.45, 7) is 6.05. The van der Waals surface area contributed by atoms with Crippen molar-refractivity contribution >= 4 is 11.8 Å². The van der Waals surface area contributed by atoms with E-state index in [1.165, 1.54) is 0 Å². The average molecular weight is 429 g/mol. The molecule has 0 spiro atoms. The highest BCUT2D eigenvalue weighted by Crippen LogP contribution is 2.29. The maximum Gasteiger partial charge on any atom is 0.242 e. The van der Waals surface area contributed by atoms with E-state index in [9.17, 15) is 9.59 Å². The number of nitrogens with one attached hydrogen (secondary N) is 1. The molecular formula is C28H32N2O2. The van der Waals surface area contributed by atoms with Crippen molar-refractivity contribution in [2.24, 2.45) is 0 Å². The summed E-state index contributed by atoms with van der Waals surface area (Å²) in [6, 6.07) is 29.4. The highest BCUT2D eigenvalue weighted by Gasteiger charge is 2.29. The maximum absolute atomic E-state index is 13.7. The van der Waals surface area contributed by atoms with Crippen molar-refractivity contribution in [3.8, 4) is 0 Å². The molecule has 1 atom stereocenters. The van der Waals surface area contributed by atoms with Crippen LogP contribution in [0.1, 0.15) is 49.8 Å². The van der Waals surface area contributed by atoms with Crippen LogP contribution < -0.4 is 5.32 Å². The summed E-state index contributed by atoms with van der Waals surface area (Å²) >= 11 is 0. The van der Waals surface area contributed by atoms with Crippen molar-refractivity contribution in [1.29, 1.82) is 0 Å². The van der Waals surface area contributed by atoms with Gasteiger partial charge in [0.05, 0.1) is 0 Å². The van der Waals surface area contributed by atoms with E-state index in [2.05, 4.69) is 29.6 Å². The molecule has 0 aromatic heterocycles. The van der Waals surface area contributed by atoms with Crippen LogP contribution in [0.25, 0.3) is 0 Å². The number of nitrogens with zero attached hydrogens (tertiary/aromatic N) is 1. The van der Waals surface area contributed by atoms with E-state index < -0.39 is 6.04 Å². The van der Waals surface area contributed by atoms with Crippen LogP contribution in [0, 0.1) is 0 Å². The molecule has 0 bridgehead atoms. The molecule has 0 radical (unpaired) electrons. The summed E-state index contributed by atoms with van der Waals surface area (Å²) in [5.41, 5.74) is 3.18. The Hall–Kier alpha value is -3.40. The first kappa shape index (κ1) is 23.3. The molecule has 3 aromatic carbocycles. The number of carbonyl (C=O) groups is 2. The highest BCUT2D eigenvalue weighted by molar-refractivity contribution is 5.88. The minimum absolute atomic E-state index is 0.0139. The van der Waals surface area contributed by atoms with E-state index in [-0.39, 0.29) is 23.8 Å². The van der Waals surface area contributed by atoms with Gasteiger partial charge in [0.15, 0.2) is 0 Å². The van der Waals surface area contributed by atoms with E-state index in [0.717, 1.165) is 16.7 Å². The second kappa shape index (κ2) is 11.3. The minimum atomic E-state index is -0.572. The lowest BCUT2D eigenvalue weighted by atomic mass is 9.88. The fourth-order valence-electron chi connectivity index (χ4n) is 3.86. The number of hydrogen-bond donors (Lipinski definition) is 1. The van der Waals surface area contributed by atoms with Gasteiger partial charge in [-0.15, -0.1) is 0 Å². The van der Waals surface area contributed by atoms with Crippen LogP contribution in [-0.4, -0.2) is 28.8 Å². The van der Waals surface area contributed by atoms with Crippen LogP contribution in [-0.2, 0) is 16.1 Å². The van der Waals surface area contributed by atoms with Gasteiger partial charge in [-0.05, 0) is 37.5 Å². The molecule has 0 aliphatic heterocycles. The standard InChI is InChI=1S/C28H32N2O2/c1-21(2)29-28(32)22(3)30(20-23-13-7-4-8-14-23)27(31)19-26(24-15-9-5-10-16-24)25-17-11-6-12-18-25/h4-18,21-22,26H,19-20H2,1-3H3,(H,29,32). The third-order valence-electron chi connectivity index (χ3n) is 5.58. The predicted octanol–water partition coefficient (Wildman–Crippen LogP) is 5.15. The third kappa shape index (κ3) is 6.30. The quantitative estimate of drug-likeness (QED) is 0.512. The van der Waals surface area contributed by atoms with E-state index in [4.69, 9.17) is 0 Å². The number of hydrogen-bond acceptors (Lipinski definition) is 2. The van der Waals surface area contributed by atoms with Crippen LogP contribution in [0.4, 0.5) is 0 Å². The van der Waals surface area contributed by atoms with Crippen LogP contribution in [0.5, 0.6) is 0 Å². The van der Waals surface area contributed by atoms with Gasteiger partial charge in [-0.1, -0.05) is 91.0 Å². The lowest BCUT2D eigenvalue weighted by Gasteiger charge is -2.31. The van der Waals surface area contributed by atoms with Gasteiger partial charge in [0, 0.05) is 24.9 Å². The average Bonchev–Trinajstić information content (AvgIpc) is 2.81. The SMILES string of the molecule is CC(C)NC(=O)C(C)N(Cc1ccccc1)C(=O)CC(c1ccccc1)c1ccccc1. The summed E-state index contributed by atoms with van der Waals surface area (Å²) in [4.78, 5) is 28.2. The Bertz CT molecular complexity index is 948. The third-order valence-corrected chi connectivity index (χ3v) is 5.58. The van der Waals surface area contributed by atoms with Crippen LogP contribution in [0.15, 0.2) is 91.0 Å². The molecular weight excluding hydrogens is 396 g/mol. The second-order valence-electron chi connectivity index (χ2n) is 8.42. The Morgan fingerprint density at radius 2 is 1.22 bits per heavy atom. The van der Waals surface area contributed by atoms with Crippen molar-refractivity contribution in [2.75, 3.05) is 0 Å². The Balaban J connectivity index is 1.90. The van der Waals surface area contributed by atoms with Gasteiger partial charge in [0.2, 0.25) is 11.8 Å². The highest BCUT2D eigenvalue weighted by atomic mass is 16.2. The first-order valence-corrected chi connectivity index (χ1v) is 11.2. The molecule has 3 aromatic rings. The fraction of sp³-hybridized carbons (Fsp3) is 0.286. The fourth-order valence-corrected chi connectivity index (χ4v) is 3.86. The van der Waals surface area contributed by atoms with Crippen molar-refractivity contribution in [3.63, 3.8) is 0 Å². The van der Waals surface area contributed by atoms with Gasteiger partial charge >= 0.3 is 0 Å². The van der Waals surface area contributed by atoms with Crippen LogP contribution in [0.3, 0.4) is 0 Å².